The molecule has 1 amide bonds. The molecule has 0 aromatic carbocycles. The molecule has 0 radical (unpaired) electrons. The van der Waals surface area contributed by atoms with E-state index in [1.807, 2.05) is 27.2 Å². The lowest BCUT2D eigenvalue weighted by Crippen LogP contribution is -2.45. The summed E-state index contributed by atoms with van der Waals surface area (Å²) in [7, 11) is 1.55. The molecule has 0 aromatic rings. The summed E-state index contributed by atoms with van der Waals surface area (Å²) >= 11 is 0. The van der Waals surface area contributed by atoms with Gasteiger partial charge in [-0.1, -0.05) is 255 Å². The fourth-order valence-corrected chi connectivity index (χ4v) is 9.51. The second kappa shape index (κ2) is 52.3. The average Bonchev–Trinajstić information content (AvgIpc) is 3.32. The number of hydrogen-bond donors (Lipinski definition) is 3. The monoisotopic (exact) mass is 1010 g/mol. The standard InChI is InChI=1S/C61H117N2O6P/c1-6-8-10-12-14-16-18-20-22-24-26-28-29-30-31-32-33-35-37-39-41-43-45-47-49-51-53-55-61(65)62-59(58-69-70(66,67)68-57-56-63(3,4)5)60(64)54-52-50-48-46-44-42-40-38-36-34-27-25-23-21-19-17-15-13-11-9-7-2/h24,26,36,38,44,46,52,54,59-60,64H,6-23,25,27-35,37,39-43,45,47-51,53,55-58H2,1-5H3,(H-,62,65,66,67)/p+1/b26-24-,38-36+,46-44+,54-52+. The first-order valence-electron chi connectivity index (χ1n) is 30.0. The van der Waals surface area contributed by atoms with E-state index in [0.717, 1.165) is 44.9 Å². The number of allylic oxidation sites excluding steroid dienone is 7. The zero-order valence-electron chi connectivity index (χ0n) is 47.0. The van der Waals surface area contributed by atoms with Crippen LogP contribution in [0, 0.1) is 0 Å². The van der Waals surface area contributed by atoms with Gasteiger partial charge in [-0.15, -0.1) is 0 Å². The molecule has 8 nitrogen and oxygen atoms in total. The van der Waals surface area contributed by atoms with Crippen LogP contribution < -0.4 is 5.32 Å². The number of carbonyl (C=O) groups is 1. The van der Waals surface area contributed by atoms with Crippen molar-refractivity contribution >= 4 is 13.7 Å². The van der Waals surface area contributed by atoms with Crippen LogP contribution in [-0.2, 0) is 18.4 Å². The number of likely N-dealkylation sites (N-methyl/N-ethyl adjacent to an activating group) is 1. The Morgan fingerprint density at radius 2 is 0.786 bits per heavy atom. The van der Waals surface area contributed by atoms with Gasteiger partial charge in [-0.25, -0.2) is 4.57 Å². The second-order valence-electron chi connectivity index (χ2n) is 21.7. The molecule has 3 unspecified atom stereocenters. The lowest BCUT2D eigenvalue weighted by atomic mass is 10.0. The summed E-state index contributed by atoms with van der Waals surface area (Å²) in [6, 6.07) is -0.870. The van der Waals surface area contributed by atoms with Gasteiger partial charge in [-0.3, -0.25) is 13.8 Å². The third-order valence-corrected chi connectivity index (χ3v) is 14.5. The molecule has 412 valence electrons. The van der Waals surface area contributed by atoms with Crippen LogP contribution >= 0.6 is 7.82 Å². The van der Waals surface area contributed by atoms with Crippen LogP contribution in [0.5, 0.6) is 0 Å². The van der Waals surface area contributed by atoms with Gasteiger partial charge < -0.3 is 19.8 Å². The average molecular weight is 1010 g/mol. The molecule has 0 aromatic heterocycles. The van der Waals surface area contributed by atoms with Crippen molar-refractivity contribution in [2.45, 2.75) is 296 Å². The number of nitrogens with zero attached hydrogens (tertiary/aromatic N) is 1. The Bertz CT molecular complexity index is 1280. The Morgan fingerprint density at radius 3 is 1.14 bits per heavy atom. The van der Waals surface area contributed by atoms with E-state index in [9.17, 15) is 19.4 Å². The van der Waals surface area contributed by atoms with Gasteiger partial charge in [0.15, 0.2) is 0 Å². The number of carbonyl (C=O) groups excluding carboxylic acids is 1. The second-order valence-corrected chi connectivity index (χ2v) is 23.2. The number of hydrogen-bond acceptors (Lipinski definition) is 5. The predicted octanol–water partition coefficient (Wildman–Crippen LogP) is 18.3. The van der Waals surface area contributed by atoms with Crippen LogP contribution in [0.25, 0.3) is 0 Å². The molecular formula is C61H118N2O6P+. The maximum Gasteiger partial charge on any atom is 0.472 e. The molecule has 0 fully saturated rings. The number of rotatable bonds is 55. The molecule has 70 heavy (non-hydrogen) atoms. The van der Waals surface area contributed by atoms with Gasteiger partial charge in [0.05, 0.1) is 39.9 Å². The zero-order valence-corrected chi connectivity index (χ0v) is 47.9. The van der Waals surface area contributed by atoms with E-state index in [1.54, 1.807) is 6.08 Å². The van der Waals surface area contributed by atoms with Crippen LogP contribution in [0.2, 0.25) is 0 Å². The molecule has 3 N–H and O–H groups in total. The minimum absolute atomic E-state index is 0.0538. The zero-order chi connectivity index (χ0) is 51.3. The first-order valence-corrected chi connectivity index (χ1v) is 31.5. The van der Waals surface area contributed by atoms with Crippen LogP contribution in [-0.4, -0.2) is 73.4 Å². The Morgan fingerprint density at radius 1 is 0.471 bits per heavy atom. The Kier molecular flexibility index (Phi) is 51.2. The van der Waals surface area contributed by atoms with Gasteiger partial charge in [-0.05, 0) is 70.6 Å². The molecule has 3 atom stereocenters. The highest BCUT2D eigenvalue weighted by atomic mass is 31.2. The number of aliphatic hydroxyl groups excluding tert-OH is 1. The highest BCUT2D eigenvalue weighted by Crippen LogP contribution is 2.43. The maximum absolute atomic E-state index is 13.0. The smallest absolute Gasteiger partial charge is 0.387 e. The first-order chi connectivity index (χ1) is 34.0. The normalized spacial score (nSPS) is 14.2. The van der Waals surface area contributed by atoms with E-state index in [-0.39, 0.29) is 19.1 Å². The van der Waals surface area contributed by atoms with E-state index >= 15 is 0 Å². The SMILES string of the molecule is CCCCCCCCCC/C=C\CCCCCCCCCCCCCCCCCC(=O)NC(COP(=O)(O)OCC[N+](C)(C)C)C(O)/C=C/CC/C=C/CC/C=C/CCCCCCCCCCCCC. The molecule has 0 rings (SSSR count). The lowest BCUT2D eigenvalue weighted by molar-refractivity contribution is -0.870. The van der Waals surface area contributed by atoms with Crippen molar-refractivity contribution < 1.29 is 32.9 Å². The summed E-state index contributed by atoms with van der Waals surface area (Å²) < 4.78 is 23.7. The van der Waals surface area contributed by atoms with Crippen molar-refractivity contribution in [3.63, 3.8) is 0 Å². The van der Waals surface area contributed by atoms with Crippen molar-refractivity contribution in [3.05, 3.63) is 48.6 Å². The molecular weight excluding hydrogens is 888 g/mol. The Balaban J connectivity index is 4.21. The molecule has 0 heterocycles. The third-order valence-electron chi connectivity index (χ3n) is 13.5. The third kappa shape index (κ3) is 54.2. The van der Waals surface area contributed by atoms with Gasteiger partial charge in [0, 0.05) is 6.42 Å². The largest absolute Gasteiger partial charge is 0.472 e. The number of nitrogens with one attached hydrogen (secondary N) is 1. The van der Waals surface area contributed by atoms with Crippen LogP contribution in [0.15, 0.2) is 48.6 Å². The molecule has 0 aliphatic heterocycles. The Labute approximate surface area is 435 Å². The molecule has 9 heteroatoms. The summed E-state index contributed by atoms with van der Waals surface area (Å²) in [5.41, 5.74) is 0. The minimum atomic E-state index is -4.36. The summed E-state index contributed by atoms with van der Waals surface area (Å²) in [6.45, 7) is 4.82. The lowest BCUT2D eigenvalue weighted by Gasteiger charge is -2.25. The van der Waals surface area contributed by atoms with E-state index < -0.39 is 20.0 Å². The summed E-state index contributed by atoms with van der Waals surface area (Å²) in [5, 5.41) is 13.9. The van der Waals surface area contributed by atoms with Gasteiger partial charge in [0.1, 0.15) is 13.2 Å². The van der Waals surface area contributed by atoms with Gasteiger partial charge in [0.2, 0.25) is 5.91 Å². The molecule has 0 aliphatic carbocycles. The summed E-state index contributed by atoms with van der Waals surface area (Å²) in [4.78, 5) is 23.3. The van der Waals surface area contributed by atoms with E-state index in [1.165, 1.54) is 218 Å². The number of aliphatic hydroxyl groups is 1. The van der Waals surface area contributed by atoms with Crippen molar-refractivity contribution in [2.75, 3.05) is 40.9 Å². The fourth-order valence-electron chi connectivity index (χ4n) is 8.78. The van der Waals surface area contributed by atoms with Crippen molar-refractivity contribution in [1.29, 1.82) is 0 Å². The van der Waals surface area contributed by atoms with E-state index in [0.29, 0.717) is 17.4 Å². The van der Waals surface area contributed by atoms with Crippen LogP contribution in [0.1, 0.15) is 284 Å². The van der Waals surface area contributed by atoms with Crippen molar-refractivity contribution in [1.82, 2.24) is 5.32 Å². The van der Waals surface area contributed by atoms with Crippen LogP contribution in [0.4, 0.5) is 0 Å². The highest BCUT2D eigenvalue weighted by molar-refractivity contribution is 7.47. The number of amides is 1. The number of unbranched alkanes of at least 4 members (excludes halogenated alkanes) is 36. The predicted molar refractivity (Wildman–Crippen MR) is 304 cm³/mol. The molecule has 0 saturated heterocycles. The number of phosphoric acid groups is 1. The summed E-state index contributed by atoms with van der Waals surface area (Å²) in [5.74, 6) is -0.188. The van der Waals surface area contributed by atoms with Crippen molar-refractivity contribution in [2.24, 2.45) is 0 Å². The molecule has 0 spiro atoms. The van der Waals surface area contributed by atoms with Crippen molar-refractivity contribution in [3.8, 4) is 0 Å². The van der Waals surface area contributed by atoms with Gasteiger partial charge in [0.25, 0.3) is 0 Å². The fraction of sp³-hybridized carbons (Fsp3) is 0.852. The van der Waals surface area contributed by atoms with Gasteiger partial charge >= 0.3 is 7.82 Å². The van der Waals surface area contributed by atoms with E-state index in [4.69, 9.17) is 9.05 Å². The molecule has 0 aliphatic rings. The first kappa shape index (κ1) is 68.5. The Hall–Kier alpha value is -1.54. The number of quaternary nitrogens is 1. The molecule has 0 saturated carbocycles. The topological polar surface area (TPSA) is 105 Å². The molecule has 0 bridgehead atoms. The number of phosphoric ester groups is 1. The maximum atomic E-state index is 13.0. The minimum Gasteiger partial charge on any atom is -0.387 e. The van der Waals surface area contributed by atoms with E-state index in [2.05, 4.69) is 55.6 Å². The quantitative estimate of drug-likeness (QED) is 0.0243. The highest BCUT2D eigenvalue weighted by Gasteiger charge is 2.27. The van der Waals surface area contributed by atoms with Crippen LogP contribution in [0.3, 0.4) is 0 Å². The van der Waals surface area contributed by atoms with Gasteiger partial charge in [-0.2, -0.15) is 0 Å². The summed E-state index contributed by atoms with van der Waals surface area (Å²) in [6.07, 6.45) is 69.4.